The summed E-state index contributed by atoms with van der Waals surface area (Å²) in [5, 5.41) is 2.75. The number of aldehydes is 1. The third-order valence-corrected chi connectivity index (χ3v) is 2.61. The summed E-state index contributed by atoms with van der Waals surface area (Å²) in [6, 6.07) is 0. The summed E-state index contributed by atoms with van der Waals surface area (Å²) < 4.78 is 5.29. The van der Waals surface area contributed by atoms with Crippen LogP contribution in [-0.2, 0) is 9.53 Å². The summed E-state index contributed by atoms with van der Waals surface area (Å²) in [6.07, 6.45) is 3.89. The summed E-state index contributed by atoms with van der Waals surface area (Å²) in [5.74, 6) is 0.0567. The standard InChI is InChI=1S/C12H21NO3/c1-12(2,3)13-11(15)16-10-6-4-5-9(7-10)8-14/h8-10H,4-7H2,1-3H3,(H,13,15). The number of rotatable bonds is 2. The van der Waals surface area contributed by atoms with Crippen LogP contribution < -0.4 is 5.32 Å². The Bertz CT molecular complexity index is 257. The Morgan fingerprint density at radius 1 is 1.38 bits per heavy atom. The summed E-state index contributed by atoms with van der Waals surface area (Å²) >= 11 is 0. The van der Waals surface area contributed by atoms with Crippen molar-refractivity contribution >= 4 is 12.4 Å². The van der Waals surface area contributed by atoms with Crippen LogP contribution in [0.25, 0.3) is 0 Å². The first-order chi connectivity index (χ1) is 7.40. The van der Waals surface area contributed by atoms with E-state index < -0.39 is 0 Å². The molecule has 0 spiro atoms. The van der Waals surface area contributed by atoms with E-state index in [0.29, 0.717) is 6.42 Å². The second-order valence-corrected chi connectivity index (χ2v) is 5.47. The predicted molar refractivity (Wildman–Crippen MR) is 61.2 cm³/mol. The highest BCUT2D eigenvalue weighted by Crippen LogP contribution is 2.25. The zero-order valence-corrected chi connectivity index (χ0v) is 10.3. The van der Waals surface area contributed by atoms with Gasteiger partial charge in [0.1, 0.15) is 12.4 Å². The second-order valence-electron chi connectivity index (χ2n) is 5.47. The van der Waals surface area contributed by atoms with E-state index >= 15 is 0 Å². The average Bonchev–Trinajstić information content (AvgIpc) is 2.15. The molecule has 1 amide bonds. The van der Waals surface area contributed by atoms with E-state index in [2.05, 4.69) is 5.32 Å². The van der Waals surface area contributed by atoms with Gasteiger partial charge in [0.05, 0.1) is 0 Å². The minimum Gasteiger partial charge on any atom is -0.446 e. The molecule has 2 unspecified atom stereocenters. The van der Waals surface area contributed by atoms with Crippen LogP contribution >= 0.6 is 0 Å². The lowest BCUT2D eigenvalue weighted by Gasteiger charge is -2.27. The first-order valence-corrected chi connectivity index (χ1v) is 5.85. The molecule has 1 aliphatic carbocycles. The summed E-state index contributed by atoms with van der Waals surface area (Å²) in [5.41, 5.74) is -0.282. The van der Waals surface area contributed by atoms with Crippen LogP contribution in [0.4, 0.5) is 4.79 Å². The Labute approximate surface area is 96.7 Å². The Kier molecular flexibility index (Phi) is 4.33. The summed E-state index contributed by atoms with van der Waals surface area (Å²) in [7, 11) is 0. The lowest BCUT2D eigenvalue weighted by Crippen LogP contribution is -2.42. The lowest BCUT2D eigenvalue weighted by molar-refractivity contribution is -0.113. The molecule has 2 atom stereocenters. The van der Waals surface area contributed by atoms with Crippen molar-refractivity contribution in [1.29, 1.82) is 0 Å². The van der Waals surface area contributed by atoms with Gasteiger partial charge in [0, 0.05) is 11.5 Å². The molecule has 0 radical (unpaired) electrons. The fourth-order valence-corrected chi connectivity index (χ4v) is 1.90. The molecular weight excluding hydrogens is 206 g/mol. The maximum Gasteiger partial charge on any atom is 0.407 e. The van der Waals surface area contributed by atoms with Crippen molar-refractivity contribution in [2.75, 3.05) is 0 Å². The van der Waals surface area contributed by atoms with Gasteiger partial charge in [-0.25, -0.2) is 4.79 Å². The van der Waals surface area contributed by atoms with Crippen molar-refractivity contribution in [3.05, 3.63) is 0 Å². The first kappa shape index (κ1) is 13.0. The van der Waals surface area contributed by atoms with Gasteiger partial charge in [0.25, 0.3) is 0 Å². The lowest BCUT2D eigenvalue weighted by atomic mass is 9.88. The largest absolute Gasteiger partial charge is 0.446 e. The molecule has 0 saturated heterocycles. The molecule has 4 heteroatoms. The van der Waals surface area contributed by atoms with Gasteiger partial charge in [-0.05, 0) is 46.5 Å². The van der Waals surface area contributed by atoms with Crippen molar-refractivity contribution in [1.82, 2.24) is 5.32 Å². The zero-order valence-electron chi connectivity index (χ0n) is 10.3. The highest BCUT2D eigenvalue weighted by atomic mass is 16.6. The molecule has 1 rings (SSSR count). The van der Waals surface area contributed by atoms with Gasteiger partial charge in [0.15, 0.2) is 0 Å². The van der Waals surface area contributed by atoms with Crippen LogP contribution in [0.2, 0.25) is 0 Å². The van der Waals surface area contributed by atoms with Gasteiger partial charge in [-0.15, -0.1) is 0 Å². The van der Waals surface area contributed by atoms with Crippen molar-refractivity contribution in [3.63, 3.8) is 0 Å². The number of alkyl carbamates (subject to hydrolysis) is 1. The molecule has 1 aliphatic rings. The third-order valence-electron chi connectivity index (χ3n) is 2.61. The van der Waals surface area contributed by atoms with Crippen LogP contribution in [0.5, 0.6) is 0 Å². The smallest absolute Gasteiger partial charge is 0.407 e. The van der Waals surface area contributed by atoms with E-state index in [1.807, 2.05) is 20.8 Å². The molecule has 4 nitrogen and oxygen atoms in total. The SMILES string of the molecule is CC(C)(C)NC(=O)OC1CCCC(C=O)C1. The predicted octanol–water partition coefficient (Wildman–Crippen LogP) is 2.27. The van der Waals surface area contributed by atoms with E-state index in [9.17, 15) is 9.59 Å². The maximum absolute atomic E-state index is 11.5. The average molecular weight is 227 g/mol. The highest BCUT2D eigenvalue weighted by molar-refractivity contribution is 5.68. The zero-order chi connectivity index (χ0) is 12.2. The molecule has 0 bridgehead atoms. The molecule has 1 saturated carbocycles. The Hall–Kier alpha value is -1.06. The van der Waals surface area contributed by atoms with Gasteiger partial charge in [-0.3, -0.25) is 0 Å². The monoisotopic (exact) mass is 227 g/mol. The van der Waals surface area contributed by atoms with Crippen LogP contribution in [0.15, 0.2) is 0 Å². The minimum absolute atomic E-state index is 0.0567. The number of carbonyl (C=O) groups is 2. The molecule has 92 valence electrons. The van der Waals surface area contributed by atoms with E-state index in [-0.39, 0.29) is 23.7 Å². The molecule has 0 aromatic heterocycles. The molecule has 1 N–H and O–H groups in total. The van der Waals surface area contributed by atoms with E-state index in [1.165, 1.54) is 0 Å². The highest BCUT2D eigenvalue weighted by Gasteiger charge is 2.25. The van der Waals surface area contributed by atoms with Gasteiger partial charge in [0.2, 0.25) is 0 Å². The van der Waals surface area contributed by atoms with Crippen LogP contribution in [0, 0.1) is 5.92 Å². The quantitative estimate of drug-likeness (QED) is 0.736. The molecule has 16 heavy (non-hydrogen) atoms. The molecule has 0 heterocycles. The first-order valence-electron chi connectivity index (χ1n) is 5.85. The topological polar surface area (TPSA) is 55.4 Å². The van der Waals surface area contributed by atoms with E-state index in [4.69, 9.17) is 4.74 Å². The van der Waals surface area contributed by atoms with E-state index in [1.54, 1.807) is 0 Å². The number of ether oxygens (including phenoxy) is 1. The molecule has 0 aliphatic heterocycles. The molecule has 0 aromatic carbocycles. The number of hydrogen-bond donors (Lipinski definition) is 1. The number of carbonyl (C=O) groups excluding carboxylic acids is 2. The van der Waals surface area contributed by atoms with Crippen molar-refractivity contribution in [2.24, 2.45) is 5.92 Å². The Morgan fingerprint density at radius 3 is 2.62 bits per heavy atom. The van der Waals surface area contributed by atoms with E-state index in [0.717, 1.165) is 25.5 Å². The second kappa shape index (κ2) is 5.32. The normalized spacial score (nSPS) is 25.9. The number of nitrogens with one attached hydrogen (secondary N) is 1. The fourth-order valence-electron chi connectivity index (χ4n) is 1.90. The van der Waals surface area contributed by atoms with Crippen molar-refractivity contribution in [3.8, 4) is 0 Å². The van der Waals surface area contributed by atoms with Gasteiger partial charge in [-0.2, -0.15) is 0 Å². The van der Waals surface area contributed by atoms with Crippen molar-refractivity contribution in [2.45, 2.75) is 58.1 Å². The number of amides is 1. The van der Waals surface area contributed by atoms with Gasteiger partial charge >= 0.3 is 6.09 Å². The minimum atomic E-state index is -0.385. The van der Waals surface area contributed by atoms with Crippen LogP contribution in [-0.4, -0.2) is 24.0 Å². The van der Waals surface area contributed by atoms with Gasteiger partial charge < -0.3 is 14.8 Å². The molecule has 0 aromatic rings. The molecule has 1 fully saturated rings. The fraction of sp³-hybridized carbons (Fsp3) is 0.833. The number of hydrogen-bond acceptors (Lipinski definition) is 3. The maximum atomic E-state index is 11.5. The van der Waals surface area contributed by atoms with Crippen LogP contribution in [0.3, 0.4) is 0 Å². The Morgan fingerprint density at radius 2 is 2.06 bits per heavy atom. The third kappa shape index (κ3) is 4.64. The van der Waals surface area contributed by atoms with Gasteiger partial charge in [-0.1, -0.05) is 0 Å². The summed E-state index contributed by atoms with van der Waals surface area (Å²) in [4.78, 5) is 22.2. The van der Waals surface area contributed by atoms with Crippen LogP contribution in [0.1, 0.15) is 46.5 Å². The summed E-state index contributed by atoms with van der Waals surface area (Å²) in [6.45, 7) is 5.72. The van der Waals surface area contributed by atoms with Crippen molar-refractivity contribution < 1.29 is 14.3 Å². The molecular formula is C12H21NO3. The Balaban J connectivity index is 2.36.